The number of benzene rings is 1. The van der Waals surface area contributed by atoms with Crippen LogP contribution >= 0.6 is 11.8 Å². The van der Waals surface area contributed by atoms with E-state index in [4.69, 9.17) is 9.73 Å². The highest BCUT2D eigenvalue weighted by Gasteiger charge is 2.46. The maximum absolute atomic E-state index is 13.1. The van der Waals surface area contributed by atoms with Crippen LogP contribution in [0, 0.1) is 17.8 Å². The van der Waals surface area contributed by atoms with Crippen molar-refractivity contribution in [2.45, 2.75) is 69.6 Å². The van der Waals surface area contributed by atoms with E-state index in [2.05, 4.69) is 10.6 Å². The van der Waals surface area contributed by atoms with E-state index in [1.165, 1.54) is 32.6 Å². The average molecular weight is 527 g/mol. The van der Waals surface area contributed by atoms with Crippen molar-refractivity contribution in [3.63, 3.8) is 0 Å². The van der Waals surface area contributed by atoms with Crippen molar-refractivity contribution in [1.29, 1.82) is 0 Å². The molecule has 0 aromatic heterocycles. The Morgan fingerprint density at radius 2 is 2.03 bits per heavy atom. The Labute approximate surface area is 223 Å². The maximum atomic E-state index is 13.1. The average Bonchev–Trinajstić information content (AvgIpc) is 3.57. The molecule has 37 heavy (non-hydrogen) atoms. The Kier molecular flexibility index (Phi) is 7.79. The van der Waals surface area contributed by atoms with Crippen LogP contribution in [0.2, 0.25) is 0 Å². The van der Waals surface area contributed by atoms with Crippen LogP contribution in [0.1, 0.15) is 69.2 Å². The number of likely N-dealkylation sites (tertiary alicyclic amines) is 1. The van der Waals surface area contributed by atoms with Gasteiger partial charge in [0, 0.05) is 25.6 Å². The molecule has 2 aliphatic heterocycles. The van der Waals surface area contributed by atoms with Crippen LogP contribution in [0.25, 0.3) is 0 Å². The molecule has 2 aliphatic carbocycles. The normalized spacial score (nSPS) is 30.5. The van der Waals surface area contributed by atoms with E-state index in [0.717, 1.165) is 30.3 Å². The molecular formula is C28H38N4O4S. The number of ether oxygens (including phenoxy) is 1. The molecule has 2 saturated carbocycles. The summed E-state index contributed by atoms with van der Waals surface area (Å²) in [4.78, 5) is 43.9. The summed E-state index contributed by atoms with van der Waals surface area (Å²) in [5.41, 5.74) is 0.606. The highest BCUT2D eigenvalue weighted by molar-refractivity contribution is 8.16. The zero-order chi connectivity index (χ0) is 26.0. The molecule has 4 atom stereocenters. The summed E-state index contributed by atoms with van der Waals surface area (Å²) < 4.78 is 5.19. The van der Waals surface area contributed by atoms with Crippen LogP contribution in [-0.4, -0.2) is 64.8 Å². The zero-order valence-electron chi connectivity index (χ0n) is 21.8. The monoisotopic (exact) mass is 526 g/mol. The Balaban J connectivity index is 1.10. The number of hydrogen-bond acceptors (Lipinski definition) is 6. The maximum Gasteiger partial charge on any atom is 0.253 e. The second-order valence-corrected chi connectivity index (χ2v) is 12.8. The summed E-state index contributed by atoms with van der Waals surface area (Å²) in [5, 5.41) is 6.58. The summed E-state index contributed by atoms with van der Waals surface area (Å²) >= 11 is 1.62. The molecule has 9 heteroatoms. The molecule has 2 bridgehead atoms. The van der Waals surface area contributed by atoms with Gasteiger partial charge in [0.1, 0.15) is 12.4 Å². The number of amides is 3. The second kappa shape index (κ2) is 11.1. The van der Waals surface area contributed by atoms with Crippen molar-refractivity contribution in [2.75, 3.05) is 26.2 Å². The molecular weight excluding hydrogens is 488 g/mol. The van der Waals surface area contributed by atoms with Crippen LogP contribution < -0.4 is 15.4 Å². The van der Waals surface area contributed by atoms with E-state index in [9.17, 15) is 14.4 Å². The first-order chi connectivity index (χ1) is 17.8. The highest BCUT2D eigenvalue weighted by atomic mass is 32.2. The zero-order valence-corrected chi connectivity index (χ0v) is 22.6. The van der Waals surface area contributed by atoms with Crippen LogP contribution in [0.4, 0.5) is 0 Å². The van der Waals surface area contributed by atoms with Crippen molar-refractivity contribution in [1.82, 2.24) is 15.5 Å². The molecule has 2 heterocycles. The summed E-state index contributed by atoms with van der Waals surface area (Å²) in [6.45, 7) is 5.66. The van der Waals surface area contributed by atoms with E-state index in [1.807, 2.05) is 30.0 Å². The predicted molar refractivity (Wildman–Crippen MR) is 145 cm³/mol. The summed E-state index contributed by atoms with van der Waals surface area (Å²) in [6.07, 6.45) is 7.71. The van der Waals surface area contributed by atoms with Gasteiger partial charge in [0.2, 0.25) is 11.8 Å². The van der Waals surface area contributed by atoms with Crippen LogP contribution in [0.3, 0.4) is 0 Å². The van der Waals surface area contributed by atoms with Gasteiger partial charge in [-0.25, -0.2) is 0 Å². The fourth-order valence-corrected chi connectivity index (χ4v) is 7.64. The fourth-order valence-electron chi connectivity index (χ4n) is 6.42. The minimum atomic E-state index is -0.490. The first-order valence-corrected chi connectivity index (χ1v) is 14.5. The Morgan fingerprint density at radius 3 is 2.73 bits per heavy atom. The quantitative estimate of drug-likeness (QED) is 0.504. The summed E-state index contributed by atoms with van der Waals surface area (Å²) in [6, 6.07) is 7.60. The van der Waals surface area contributed by atoms with Crippen molar-refractivity contribution in [3.8, 4) is 5.75 Å². The molecule has 1 aromatic carbocycles. The van der Waals surface area contributed by atoms with Gasteiger partial charge in [-0.05, 0) is 81.4 Å². The lowest BCUT2D eigenvalue weighted by Gasteiger charge is -2.34. The molecule has 3 amide bonds. The number of hydrogen-bond donors (Lipinski definition) is 2. The first kappa shape index (κ1) is 26.1. The number of rotatable bonds is 8. The van der Waals surface area contributed by atoms with Crippen molar-refractivity contribution < 1.29 is 19.1 Å². The van der Waals surface area contributed by atoms with Crippen molar-refractivity contribution in [2.24, 2.45) is 22.7 Å². The molecule has 4 fully saturated rings. The van der Waals surface area contributed by atoms with Crippen molar-refractivity contribution >= 4 is 34.7 Å². The number of nitrogens with zero attached hydrogens (tertiary/aromatic N) is 2. The SMILES string of the molecule is CC(=O)NCCOc1cccc(C(=O)N2CCC(CC3(C)SC(=N[C@H]4C[C@@H]5CCC4C5)NC3=O)CC2)c1. The number of carbonyl (C=O) groups is 3. The topological polar surface area (TPSA) is 100 Å². The molecule has 0 spiro atoms. The fraction of sp³-hybridized carbons (Fsp3) is 0.643. The van der Waals surface area contributed by atoms with Gasteiger partial charge in [-0.1, -0.05) is 24.2 Å². The number of aliphatic imine (C=N–C) groups is 1. The third kappa shape index (κ3) is 6.13. The summed E-state index contributed by atoms with van der Waals surface area (Å²) in [5.74, 6) is 2.55. The third-order valence-electron chi connectivity index (χ3n) is 8.41. The standard InChI is InChI=1S/C28H38N4O4S/c1-18(33)29-10-13-36-23-5-3-4-22(16-23)25(34)32-11-8-19(9-12-32)17-28(2)26(35)31-27(37-28)30-24-15-20-6-7-21(24)14-20/h3-5,16,19-21,24H,6-15,17H2,1-2H3,(H,29,33)(H,30,31,35)/t20-,21?,24+,28?/m1/s1. The molecule has 200 valence electrons. The van der Waals surface area contributed by atoms with Gasteiger partial charge in [-0.2, -0.15) is 0 Å². The van der Waals surface area contributed by atoms with Gasteiger partial charge in [-0.3, -0.25) is 19.4 Å². The third-order valence-corrected chi connectivity index (χ3v) is 9.62. The lowest BCUT2D eigenvalue weighted by atomic mass is 9.87. The predicted octanol–water partition coefficient (Wildman–Crippen LogP) is 3.61. The number of fused-ring (bicyclic) bond motifs is 2. The van der Waals surface area contributed by atoms with Gasteiger partial charge in [0.15, 0.2) is 5.17 Å². The van der Waals surface area contributed by atoms with Gasteiger partial charge in [-0.15, -0.1) is 0 Å². The first-order valence-electron chi connectivity index (χ1n) is 13.6. The van der Waals surface area contributed by atoms with Crippen LogP contribution in [0.5, 0.6) is 5.75 Å². The molecule has 2 saturated heterocycles. The minimum Gasteiger partial charge on any atom is -0.492 e. The lowest BCUT2D eigenvalue weighted by Crippen LogP contribution is -2.41. The van der Waals surface area contributed by atoms with Gasteiger partial charge in [0.25, 0.3) is 5.91 Å². The van der Waals surface area contributed by atoms with E-state index in [1.54, 1.807) is 17.8 Å². The van der Waals surface area contributed by atoms with Gasteiger partial charge in [0.05, 0.1) is 17.3 Å². The highest BCUT2D eigenvalue weighted by Crippen LogP contribution is 2.47. The molecule has 5 rings (SSSR count). The van der Waals surface area contributed by atoms with E-state index in [0.29, 0.717) is 55.4 Å². The molecule has 2 unspecified atom stereocenters. The largest absolute Gasteiger partial charge is 0.492 e. The van der Waals surface area contributed by atoms with E-state index >= 15 is 0 Å². The smallest absolute Gasteiger partial charge is 0.253 e. The molecule has 2 N–H and O–H groups in total. The Morgan fingerprint density at radius 1 is 1.22 bits per heavy atom. The number of nitrogens with one attached hydrogen (secondary N) is 2. The molecule has 0 radical (unpaired) electrons. The Hall–Kier alpha value is -2.55. The summed E-state index contributed by atoms with van der Waals surface area (Å²) in [7, 11) is 0. The van der Waals surface area contributed by atoms with E-state index < -0.39 is 4.75 Å². The number of thioether (sulfide) groups is 1. The molecule has 1 aromatic rings. The molecule has 4 aliphatic rings. The number of amidine groups is 1. The van der Waals surface area contributed by atoms with Crippen LogP contribution in [0.15, 0.2) is 29.3 Å². The number of carbonyl (C=O) groups excluding carboxylic acids is 3. The van der Waals surface area contributed by atoms with Gasteiger partial charge < -0.3 is 20.3 Å². The second-order valence-electron chi connectivity index (χ2n) is 11.3. The minimum absolute atomic E-state index is 0.00485. The van der Waals surface area contributed by atoms with E-state index in [-0.39, 0.29) is 17.7 Å². The number of piperidine rings is 1. The lowest BCUT2D eigenvalue weighted by molar-refractivity contribution is -0.121. The Bertz CT molecular complexity index is 1070. The van der Waals surface area contributed by atoms with Crippen LogP contribution in [-0.2, 0) is 9.59 Å². The van der Waals surface area contributed by atoms with Crippen molar-refractivity contribution in [3.05, 3.63) is 29.8 Å². The van der Waals surface area contributed by atoms with Gasteiger partial charge >= 0.3 is 0 Å². The molecule has 8 nitrogen and oxygen atoms in total.